The van der Waals surface area contributed by atoms with Crippen molar-refractivity contribution in [1.29, 1.82) is 0 Å². The number of benzene rings is 1. The van der Waals surface area contributed by atoms with Gasteiger partial charge in [-0.1, -0.05) is 51.3 Å². The van der Waals surface area contributed by atoms with E-state index in [4.69, 9.17) is 0 Å². The highest BCUT2D eigenvalue weighted by Gasteiger charge is 2.24. The summed E-state index contributed by atoms with van der Waals surface area (Å²) in [5.74, 6) is 1.28. The molecule has 2 rings (SSSR count). The second-order valence-electron chi connectivity index (χ2n) is 6.52. The van der Waals surface area contributed by atoms with Crippen LogP contribution >= 0.6 is 0 Å². The average molecular weight is 277 g/mol. The summed E-state index contributed by atoms with van der Waals surface area (Å²) < 4.78 is 13.9. The van der Waals surface area contributed by atoms with E-state index < -0.39 is 0 Å². The summed E-state index contributed by atoms with van der Waals surface area (Å²) in [5.41, 5.74) is 0.897. The molecule has 0 amide bonds. The molecule has 1 fully saturated rings. The van der Waals surface area contributed by atoms with Crippen LogP contribution in [0.1, 0.15) is 51.5 Å². The molecule has 0 bridgehead atoms. The van der Waals surface area contributed by atoms with Crippen LogP contribution in [0.2, 0.25) is 0 Å². The van der Waals surface area contributed by atoms with Crippen molar-refractivity contribution in [3.05, 3.63) is 35.6 Å². The average Bonchev–Trinajstić information content (AvgIpc) is 2.64. The molecule has 0 aliphatic heterocycles. The fourth-order valence-electron chi connectivity index (χ4n) is 3.33. The molecule has 0 radical (unpaired) electrons. The van der Waals surface area contributed by atoms with Crippen molar-refractivity contribution in [1.82, 2.24) is 5.32 Å². The highest BCUT2D eigenvalue weighted by atomic mass is 19.1. The molecule has 1 aromatic carbocycles. The predicted octanol–water partition coefficient (Wildman–Crippen LogP) is 4.56. The molecular weight excluding hydrogens is 249 g/mol. The van der Waals surface area contributed by atoms with Crippen LogP contribution in [0.4, 0.5) is 4.39 Å². The summed E-state index contributed by atoms with van der Waals surface area (Å²) in [4.78, 5) is 0. The Kier molecular flexibility index (Phi) is 6.03. The lowest BCUT2D eigenvalue weighted by Gasteiger charge is -2.26. The number of rotatable bonds is 5. The van der Waals surface area contributed by atoms with Crippen molar-refractivity contribution < 1.29 is 4.39 Å². The Hall–Kier alpha value is -0.890. The highest BCUT2D eigenvalue weighted by molar-refractivity contribution is 5.18. The van der Waals surface area contributed by atoms with Crippen molar-refractivity contribution in [2.75, 3.05) is 6.54 Å². The third kappa shape index (κ3) is 4.59. The number of halogens is 1. The van der Waals surface area contributed by atoms with E-state index in [1.807, 2.05) is 12.1 Å². The first kappa shape index (κ1) is 15.5. The Morgan fingerprint density at radius 1 is 1.10 bits per heavy atom. The minimum atomic E-state index is -0.0349. The summed E-state index contributed by atoms with van der Waals surface area (Å²) in [5, 5.41) is 3.58. The van der Waals surface area contributed by atoms with E-state index in [1.54, 1.807) is 12.1 Å². The molecule has 1 N–H and O–H groups in total. The van der Waals surface area contributed by atoms with Crippen LogP contribution < -0.4 is 5.32 Å². The summed E-state index contributed by atoms with van der Waals surface area (Å²) in [6, 6.07) is 7.81. The fraction of sp³-hybridized carbons (Fsp3) is 0.667. The van der Waals surface area contributed by atoms with Gasteiger partial charge >= 0.3 is 0 Å². The monoisotopic (exact) mass is 277 g/mol. The molecule has 20 heavy (non-hydrogen) atoms. The van der Waals surface area contributed by atoms with Gasteiger partial charge in [-0.05, 0) is 49.3 Å². The smallest absolute Gasteiger partial charge is 0.126 e. The maximum absolute atomic E-state index is 13.9. The van der Waals surface area contributed by atoms with Crippen LogP contribution in [-0.2, 0) is 6.42 Å². The summed E-state index contributed by atoms with van der Waals surface area (Å²) in [7, 11) is 0. The van der Waals surface area contributed by atoms with E-state index in [0.29, 0.717) is 17.9 Å². The molecule has 2 unspecified atom stereocenters. The van der Waals surface area contributed by atoms with E-state index in [9.17, 15) is 4.39 Å². The number of hydrogen-bond acceptors (Lipinski definition) is 1. The van der Waals surface area contributed by atoms with Gasteiger partial charge in [0.2, 0.25) is 0 Å². The van der Waals surface area contributed by atoms with E-state index in [0.717, 1.165) is 18.5 Å². The van der Waals surface area contributed by atoms with E-state index in [2.05, 4.69) is 19.2 Å². The van der Waals surface area contributed by atoms with Crippen LogP contribution in [0, 0.1) is 17.7 Å². The maximum Gasteiger partial charge on any atom is 0.126 e. The van der Waals surface area contributed by atoms with Gasteiger partial charge in [0.1, 0.15) is 5.82 Å². The second-order valence-corrected chi connectivity index (χ2v) is 6.52. The molecule has 1 aromatic rings. The van der Waals surface area contributed by atoms with E-state index >= 15 is 0 Å². The Morgan fingerprint density at radius 2 is 1.80 bits per heavy atom. The molecule has 0 saturated heterocycles. The zero-order valence-electron chi connectivity index (χ0n) is 12.9. The van der Waals surface area contributed by atoms with Gasteiger partial charge in [0, 0.05) is 6.04 Å². The first-order chi connectivity index (χ1) is 9.66. The molecular formula is C18H28FN. The number of nitrogens with one attached hydrogen (secondary N) is 1. The van der Waals surface area contributed by atoms with Crippen molar-refractivity contribution in [3.8, 4) is 0 Å². The largest absolute Gasteiger partial charge is 0.314 e. The van der Waals surface area contributed by atoms with Crippen LogP contribution in [-0.4, -0.2) is 12.6 Å². The topological polar surface area (TPSA) is 12.0 Å². The van der Waals surface area contributed by atoms with Gasteiger partial charge in [-0.3, -0.25) is 0 Å². The minimum absolute atomic E-state index is 0.0349. The van der Waals surface area contributed by atoms with Gasteiger partial charge < -0.3 is 5.32 Å². The Morgan fingerprint density at radius 3 is 2.50 bits per heavy atom. The third-order valence-electron chi connectivity index (χ3n) is 4.54. The van der Waals surface area contributed by atoms with Gasteiger partial charge in [-0.25, -0.2) is 4.39 Å². The molecule has 0 spiro atoms. The summed E-state index contributed by atoms with van der Waals surface area (Å²) in [6.07, 6.45) is 7.41. The van der Waals surface area contributed by atoms with Gasteiger partial charge in [-0.15, -0.1) is 0 Å². The summed E-state index contributed by atoms with van der Waals surface area (Å²) in [6.45, 7) is 5.47. The van der Waals surface area contributed by atoms with Gasteiger partial charge in [-0.2, -0.15) is 0 Å². The predicted molar refractivity (Wildman–Crippen MR) is 83.3 cm³/mol. The summed E-state index contributed by atoms with van der Waals surface area (Å²) >= 11 is 0. The normalized spacial score (nSPS) is 23.8. The lowest BCUT2D eigenvalue weighted by molar-refractivity contribution is 0.289. The Labute approximate surface area is 123 Å². The van der Waals surface area contributed by atoms with Gasteiger partial charge in [0.15, 0.2) is 0 Å². The molecule has 2 heteroatoms. The molecule has 2 atom stereocenters. The van der Waals surface area contributed by atoms with Crippen molar-refractivity contribution >= 4 is 0 Å². The van der Waals surface area contributed by atoms with Crippen LogP contribution in [0.15, 0.2) is 24.3 Å². The van der Waals surface area contributed by atoms with Crippen LogP contribution in [0.25, 0.3) is 0 Å². The standard InChI is InChI=1S/C18H28FN/c1-14(2)20-13-17-10-5-3-4-8-15(17)12-16-9-6-7-11-18(16)19/h6-7,9,11,14-15,17,20H,3-5,8,10,12-13H2,1-2H3. The second kappa shape index (κ2) is 7.78. The van der Waals surface area contributed by atoms with E-state index in [-0.39, 0.29) is 5.82 Å². The van der Waals surface area contributed by atoms with E-state index in [1.165, 1.54) is 32.1 Å². The molecule has 1 aliphatic carbocycles. The molecule has 1 nitrogen and oxygen atoms in total. The molecule has 1 aliphatic rings. The SMILES string of the molecule is CC(C)NCC1CCCCCC1Cc1ccccc1F. The highest BCUT2D eigenvalue weighted by Crippen LogP contribution is 2.31. The van der Waals surface area contributed by atoms with Gasteiger partial charge in [0.05, 0.1) is 0 Å². The first-order valence-corrected chi connectivity index (χ1v) is 8.13. The van der Waals surface area contributed by atoms with Crippen molar-refractivity contribution in [3.63, 3.8) is 0 Å². The molecule has 0 heterocycles. The van der Waals surface area contributed by atoms with Crippen LogP contribution in [0.5, 0.6) is 0 Å². The third-order valence-corrected chi connectivity index (χ3v) is 4.54. The van der Waals surface area contributed by atoms with Crippen molar-refractivity contribution in [2.45, 2.75) is 58.4 Å². The quantitative estimate of drug-likeness (QED) is 0.778. The number of hydrogen-bond donors (Lipinski definition) is 1. The minimum Gasteiger partial charge on any atom is -0.314 e. The van der Waals surface area contributed by atoms with Gasteiger partial charge in [0.25, 0.3) is 0 Å². The lowest BCUT2D eigenvalue weighted by atomic mass is 9.83. The zero-order chi connectivity index (χ0) is 14.4. The maximum atomic E-state index is 13.9. The van der Waals surface area contributed by atoms with Crippen LogP contribution in [0.3, 0.4) is 0 Å². The Bertz CT molecular complexity index is 402. The Balaban J connectivity index is 2.02. The fourth-order valence-corrected chi connectivity index (χ4v) is 3.33. The first-order valence-electron chi connectivity index (χ1n) is 8.13. The zero-order valence-corrected chi connectivity index (χ0v) is 12.9. The molecule has 112 valence electrons. The lowest BCUT2D eigenvalue weighted by Crippen LogP contribution is -2.33. The molecule has 1 saturated carbocycles. The van der Waals surface area contributed by atoms with Crippen molar-refractivity contribution in [2.24, 2.45) is 11.8 Å². The molecule has 0 aromatic heterocycles.